The molecule has 0 aliphatic carbocycles. The number of carbonyl (C=O) groups excluding carboxylic acids is 1. The van der Waals surface area contributed by atoms with Gasteiger partial charge in [-0.25, -0.2) is 14.7 Å². The number of nitrogens with one attached hydrogen (secondary N) is 1. The van der Waals surface area contributed by atoms with E-state index >= 15 is 4.39 Å². The maximum absolute atomic E-state index is 15.0. The lowest BCUT2D eigenvalue weighted by Gasteiger charge is -2.11. The molecule has 1 aliphatic rings. The van der Waals surface area contributed by atoms with E-state index in [0.717, 1.165) is 0 Å². The standard InChI is InChI=1S/C23H15Cl2FN7O2/c1-10-30-22(33-35-10)19-14(6-12(24)7-15(19)25)11-5-16(26)18(28-8-11)9-29-23-31-17-4-2-3-13(21(27)34)20(17)32-23/h2-8H,9H2,1H3,(H2,27,34)(H,29,32). The summed E-state index contributed by atoms with van der Waals surface area (Å²) in [5, 5.41) is 11.8. The summed E-state index contributed by atoms with van der Waals surface area (Å²) in [5.74, 6) is -0.360. The Bertz CT molecular complexity index is 1520. The van der Waals surface area contributed by atoms with Gasteiger partial charge in [0.1, 0.15) is 11.5 Å². The van der Waals surface area contributed by atoms with E-state index in [1.165, 1.54) is 12.3 Å². The van der Waals surface area contributed by atoms with E-state index < -0.39 is 11.7 Å². The highest BCUT2D eigenvalue weighted by molar-refractivity contribution is 6.37. The first-order valence-electron chi connectivity index (χ1n) is 10.2. The van der Waals surface area contributed by atoms with Crippen molar-refractivity contribution in [2.45, 2.75) is 13.5 Å². The molecule has 0 atom stereocenters. The van der Waals surface area contributed by atoms with Crippen LogP contribution in [0.4, 0.5) is 15.8 Å². The van der Waals surface area contributed by atoms with E-state index in [1.807, 2.05) is 0 Å². The van der Waals surface area contributed by atoms with Crippen molar-refractivity contribution in [2.75, 3.05) is 0 Å². The van der Waals surface area contributed by atoms with Crippen molar-refractivity contribution in [3.05, 3.63) is 75.6 Å². The van der Waals surface area contributed by atoms with Gasteiger partial charge >= 0.3 is 0 Å². The number of primary amides is 1. The zero-order valence-electron chi connectivity index (χ0n) is 18.0. The van der Waals surface area contributed by atoms with Crippen LogP contribution in [-0.2, 0) is 6.54 Å². The minimum absolute atomic E-state index is 0.00152. The molecule has 3 heterocycles. The van der Waals surface area contributed by atoms with E-state index in [2.05, 4.69) is 30.8 Å². The van der Waals surface area contributed by atoms with E-state index in [9.17, 15) is 4.79 Å². The van der Waals surface area contributed by atoms with Gasteiger partial charge in [0.25, 0.3) is 5.91 Å². The fraction of sp³-hybridized carbons (Fsp3) is 0.0870. The Morgan fingerprint density at radius 1 is 1.23 bits per heavy atom. The Hall–Kier alpha value is -4.02. The van der Waals surface area contributed by atoms with Crippen LogP contribution in [0.3, 0.4) is 0 Å². The zero-order valence-corrected chi connectivity index (χ0v) is 19.5. The summed E-state index contributed by atoms with van der Waals surface area (Å²) in [7, 11) is 0. The number of para-hydroxylation sites is 1. The number of guanidine groups is 1. The van der Waals surface area contributed by atoms with Crippen LogP contribution in [0.5, 0.6) is 0 Å². The number of nitrogens with two attached hydrogens (primary N) is 1. The van der Waals surface area contributed by atoms with Gasteiger partial charge < -0.3 is 15.6 Å². The van der Waals surface area contributed by atoms with Gasteiger partial charge in [0, 0.05) is 29.3 Å². The van der Waals surface area contributed by atoms with Crippen LogP contribution in [0.2, 0.25) is 10.0 Å². The van der Waals surface area contributed by atoms with Crippen LogP contribution in [0.25, 0.3) is 22.5 Å². The van der Waals surface area contributed by atoms with Gasteiger partial charge in [0.15, 0.2) is 0 Å². The molecule has 0 bridgehead atoms. The second kappa shape index (κ2) is 8.97. The number of carbonyl (C=O) groups is 1. The lowest BCUT2D eigenvalue weighted by atomic mass is 10.00. The van der Waals surface area contributed by atoms with Gasteiger partial charge in [-0.1, -0.05) is 34.4 Å². The molecule has 0 fully saturated rings. The number of hydrogen-bond acceptors (Lipinski definition) is 7. The molecule has 0 saturated carbocycles. The predicted molar refractivity (Wildman–Crippen MR) is 128 cm³/mol. The van der Waals surface area contributed by atoms with Gasteiger partial charge in [-0.15, -0.1) is 0 Å². The number of aliphatic imine (C=N–C) groups is 1. The van der Waals surface area contributed by atoms with E-state index in [4.69, 9.17) is 33.5 Å². The number of halogens is 3. The van der Waals surface area contributed by atoms with E-state index in [-0.39, 0.29) is 34.6 Å². The first-order valence-corrected chi connectivity index (χ1v) is 11.0. The van der Waals surface area contributed by atoms with Crippen LogP contribution in [0.1, 0.15) is 21.9 Å². The molecule has 1 aliphatic heterocycles. The Kier molecular flexibility index (Phi) is 5.83. The topological polar surface area (TPSA) is 133 Å². The molecule has 1 radical (unpaired) electrons. The van der Waals surface area contributed by atoms with Gasteiger partial charge in [-0.2, -0.15) is 4.98 Å². The van der Waals surface area contributed by atoms with Crippen molar-refractivity contribution in [2.24, 2.45) is 10.7 Å². The molecule has 0 unspecified atom stereocenters. The second-order valence-electron chi connectivity index (χ2n) is 7.54. The average molecular weight is 511 g/mol. The Morgan fingerprint density at radius 3 is 2.77 bits per heavy atom. The molecule has 35 heavy (non-hydrogen) atoms. The number of nitrogens with zero attached hydrogens (tertiary/aromatic N) is 5. The molecule has 12 heteroatoms. The van der Waals surface area contributed by atoms with Crippen molar-refractivity contribution in [3.8, 4) is 22.5 Å². The van der Waals surface area contributed by atoms with Crippen LogP contribution in [0.15, 0.2) is 52.1 Å². The van der Waals surface area contributed by atoms with E-state index in [0.29, 0.717) is 39.0 Å². The van der Waals surface area contributed by atoms with Gasteiger partial charge in [-0.3, -0.25) is 9.78 Å². The van der Waals surface area contributed by atoms with Crippen molar-refractivity contribution in [3.63, 3.8) is 0 Å². The number of fused-ring (bicyclic) bond motifs is 1. The molecule has 9 nitrogen and oxygen atoms in total. The summed E-state index contributed by atoms with van der Waals surface area (Å²) in [5.41, 5.74) is 8.00. The molecule has 4 aromatic rings. The fourth-order valence-corrected chi connectivity index (χ4v) is 4.18. The van der Waals surface area contributed by atoms with Crippen molar-refractivity contribution >= 4 is 46.4 Å². The first-order chi connectivity index (χ1) is 16.8. The number of amides is 1. The molecule has 2 aromatic heterocycles. The summed E-state index contributed by atoms with van der Waals surface area (Å²) in [4.78, 5) is 24.4. The zero-order chi connectivity index (χ0) is 24.7. The summed E-state index contributed by atoms with van der Waals surface area (Å²) in [6.07, 6.45) is 1.49. The molecule has 3 N–H and O–H groups in total. The van der Waals surface area contributed by atoms with Crippen LogP contribution >= 0.6 is 23.2 Å². The normalized spacial score (nSPS) is 12.2. The lowest BCUT2D eigenvalue weighted by molar-refractivity contribution is 0.100. The monoisotopic (exact) mass is 510 g/mol. The minimum atomic E-state index is -0.609. The summed E-state index contributed by atoms with van der Waals surface area (Å²) >= 11 is 12.6. The van der Waals surface area contributed by atoms with Gasteiger partial charge in [-0.05, 0) is 35.9 Å². The maximum atomic E-state index is 15.0. The van der Waals surface area contributed by atoms with Crippen LogP contribution in [-0.4, -0.2) is 27.0 Å². The molecule has 5 rings (SSSR count). The number of pyridine rings is 1. The molecule has 175 valence electrons. The molecule has 1 amide bonds. The highest BCUT2D eigenvalue weighted by atomic mass is 35.5. The highest BCUT2D eigenvalue weighted by Gasteiger charge is 2.22. The van der Waals surface area contributed by atoms with Gasteiger partial charge in [0.2, 0.25) is 17.7 Å². The molecular formula is C23H15Cl2FN7O2. The quantitative estimate of drug-likeness (QED) is 0.400. The SMILES string of the molecule is Cc1nc(-c2c(Cl)cc(Cl)cc2-c2cnc(CNC3=Nc4c(cccc4C(N)=O)[N]3)c(F)c2)no1. The molecule has 0 saturated heterocycles. The fourth-order valence-electron chi connectivity index (χ4n) is 3.60. The molecule has 2 aromatic carbocycles. The smallest absolute Gasteiger partial charge is 0.250 e. The van der Waals surface area contributed by atoms with Crippen LogP contribution in [0, 0.1) is 12.7 Å². The Balaban J connectivity index is 1.40. The third-order valence-electron chi connectivity index (χ3n) is 5.17. The number of hydrogen-bond donors (Lipinski definition) is 2. The number of rotatable bonds is 5. The average Bonchev–Trinajstić information content (AvgIpc) is 3.43. The van der Waals surface area contributed by atoms with Gasteiger partial charge in [0.05, 0.1) is 28.5 Å². The third kappa shape index (κ3) is 4.41. The van der Waals surface area contributed by atoms with Crippen molar-refractivity contribution < 1.29 is 13.7 Å². The van der Waals surface area contributed by atoms with Crippen molar-refractivity contribution in [1.29, 1.82) is 0 Å². The first kappa shape index (κ1) is 22.8. The lowest BCUT2D eigenvalue weighted by Crippen LogP contribution is -2.28. The Morgan fingerprint density at radius 2 is 2.06 bits per heavy atom. The summed E-state index contributed by atoms with van der Waals surface area (Å²) in [6.45, 7) is 1.65. The number of aryl methyl sites for hydroxylation is 1. The maximum Gasteiger partial charge on any atom is 0.250 e. The number of aromatic nitrogens is 3. The largest absolute Gasteiger partial charge is 0.366 e. The summed E-state index contributed by atoms with van der Waals surface area (Å²) in [6, 6.07) is 9.41. The highest BCUT2D eigenvalue weighted by Crippen LogP contribution is 2.39. The molecule has 0 spiro atoms. The van der Waals surface area contributed by atoms with Crippen molar-refractivity contribution in [1.82, 2.24) is 25.8 Å². The van der Waals surface area contributed by atoms with Crippen LogP contribution < -0.4 is 16.4 Å². The summed E-state index contributed by atoms with van der Waals surface area (Å²) < 4.78 is 20.1. The predicted octanol–water partition coefficient (Wildman–Crippen LogP) is 4.68. The minimum Gasteiger partial charge on any atom is -0.366 e. The molecular weight excluding hydrogens is 496 g/mol. The third-order valence-corrected chi connectivity index (χ3v) is 5.69. The Labute approximate surface area is 208 Å². The number of benzene rings is 2. The second-order valence-corrected chi connectivity index (χ2v) is 8.38. The van der Waals surface area contributed by atoms with E-state index in [1.54, 1.807) is 37.3 Å².